The van der Waals surface area contributed by atoms with Crippen LogP contribution in [0, 0.1) is 0 Å². The van der Waals surface area contributed by atoms with E-state index < -0.39 is 5.97 Å². The number of carbonyl (C=O) groups excluding carboxylic acids is 1. The van der Waals surface area contributed by atoms with Gasteiger partial charge in [0.2, 0.25) is 0 Å². The Kier molecular flexibility index (Phi) is 10.2. The summed E-state index contributed by atoms with van der Waals surface area (Å²) >= 11 is 0. The van der Waals surface area contributed by atoms with Crippen molar-refractivity contribution in [3.05, 3.63) is 108 Å². The van der Waals surface area contributed by atoms with E-state index in [-0.39, 0.29) is 6.61 Å². The molecule has 7 nitrogen and oxygen atoms in total. The normalized spacial score (nSPS) is 13.0. The van der Waals surface area contributed by atoms with Gasteiger partial charge in [-0.05, 0) is 53.3 Å². The molecule has 0 radical (unpaired) electrons. The van der Waals surface area contributed by atoms with Crippen molar-refractivity contribution in [3.8, 4) is 39.5 Å². The van der Waals surface area contributed by atoms with E-state index in [0.717, 1.165) is 70.2 Å². The molecule has 0 unspecified atom stereocenters. The van der Waals surface area contributed by atoms with E-state index in [2.05, 4.69) is 24.0 Å². The van der Waals surface area contributed by atoms with E-state index in [1.807, 2.05) is 84.9 Å². The first kappa shape index (κ1) is 32.0. The molecular formula is C40H41NO6. The molecule has 1 aliphatic rings. The van der Waals surface area contributed by atoms with Gasteiger partial charge in [-0.3, -0.25) is 0 Å². The van der Waals surface area contributed by atoms with Crippen LogP contribution in [-0.2, 0) is 16.1 Å². The van der Waals surface area contributed by atoms with Crippen LogP contribution in [0.15, 0.2) is 97.1 Å². The Hall–Kier alpha value is -5.01. The highest BCUT2D eigenvalue weighted by molar-refractivity contribution is 6.13. The fourth-order valence-corrected chi connectivity index (χ4v) is 6.05. The standard InChI is InChI=1S/C40H41NO6/c1-4-5-20-46-38-26-35(40(42)47-27-28-12-8-6-9-13-28)39(29-14-10-7-11-15-29)34-25-36(41-18-21-45-22-19-41)32(24-33(34)38)31-17-16-30(43-2)23-37(31)44-3/h6-17,23-26H,4-5,18-22,27H2,1-3H3. The molecule has 1 saturated heterocycles. The minimum atomic E-state index is -0.399. The molecule has 0 N–H and O–H groups in total. The number of rotatable bonds is 12. The van der Waals surface area contributed by atoms with E-state index in [0.29, 0.717) is 42.6 Å². The molecule has 1 aliphatic heterocycles. The van der Waals surface area contributed by atoms with Crippen LogP contribution in [0.3, 0.4) is 0 Å². The van der Waals surface area contributed by atoms with Gasteiger partial charge in [0.25, 0.3) is 0 Å². The maximum absolute atomic E-state index is 14.0. The van der Waals surface area contributed by atoms with Crippen molar-refractivity contribution in [2.75, 3.05) is 52.0 Å². The Labute approximate surface area is 276 Å². The van der Waals surface area contributed by atoms with E-state index in [1.54, 1.807) is 14.2 Å². The molecule has 0 bridgehead atoms. The molecule has 7 heteroatoms. The predicted octanol–water partition coefficient (Wildman–Crippen LogP) is 8.56. The summed E-state index contributed by atoms with van der Waals surface area (Å²) in [6, 6.07) is 31.9. The summed E-state index contributed by atoms with van der Waals surface area (Å²) < 4.78 is 29.6. The summed E-state index contributed by atoms with van der Waals surface area (Å²) in [5, 5.41) is 1.82. The average Bonchev–Trinajstić information content (AvgIpc) is 3.14. The summed E-state index contributed by atoms with van der Waals surface area (Å²) in [5.74, 6) is 1.66. The first-order valence-electron chi connectivity index (χ1n) is 16.2. The monoisotopic (exact) mass is 631 g/mol. The highest BCUT2D eigenvalue weighted by Gasteiger charge is 2.26. The molecule has 0 amide bonds. The number of carbonyl (C=O) groups is 1. The number of esters is 1. The predicted molar refractivity (Wildman–Crippen MR) is 187 cm³/mol. The molecule has 6 rings (SSSR count). The number of fused-ring (bicyclic) bond motifs is 1. The van der Waals surface area contributed by atoms with Crippen LogP contribution in [-0.4, -0.2) is 53.1 Å². The van der Waals surface area contributed by atoms with Crippen molar-refractivity contribution in [2.45, 2.75) is 26.4 Å². The number of benzene rings is 5. The number of methoxy groups -OCH3 is 2. The van der Waals surface area contributed by atoms with Gasteiger partial charge in [-0.1, -0.05) is 74.0 Å². The Morgan fingerprint density at radius 2 is 1.53 bits per heavy atom. The largest absolute Gasteiger partial charge is 0.497 e. The lowest BCUT2D eigenvalue weighted by Gasteiger charge is -2.32. The van der Waals surface area contributed by atoms with Crippen LogP contribution >= 0.6 is 0 Å². The molecule has 0 aliphatic carbocycles. The number of ether oxygens (including phenoxy) is 5. The number of hydrogen-bond donors (Lipinski definition) is 0. The van der Waals surface area contributed by atoms with Gasteiger partial charge in [-0.15, -0.1) is 0 Å². The maximum Gasteiger partial charge on any atom is 0.339 e. The number of morpholine rings is 1. The Balaban J connectivity index is 1.61. The van der Waals surface area contributed by atoms with Crippen molar-refractivity contribution in [3.63, 3.8) is 0 Å². The molecule has 0 aromatic heterocycles. The SMILES string of the molecule is CCCCOc1cc(C(=O)OCc2ccccc2)c(-c2ccccc2)c2cc(N3CCOCC3)c(-c3ccc(OC)cc3OC)cc12. The summed E-state index contributed by atoms with van der Waals surface area (Å²) in [6.45, 7) is 5.55. The lowest BCUT2D eigenvalue weighted by atomic mass is 9.89. The Morgan fingerprint density at radius 3 is 2.23 bits per heavy atom. The van der Waals surface area contributed by atoms with Gasteiger partial charge >= 0.3 is 5.97 Å². The molecule has 5 aromatic carbocycles. The van der Waals surface area contributed by atoms with Crippen molar-refractivity contribution in [1.82, 2.24) is 0 Å². The number of anilines is 1. The Morgan fingerprint density at radius 1 is 0.787 bits per heavy atom. The maximum atomic E-state index is 14.0. The van der Waals surface area contributed by atoms with E-state index in [1.165, 1.54) is 0 Å². The van der Waals surface area contributed by atoms with Gasteiger partial charge in [0, 0.05) is 46.9 Å². The van der Waals surface area contributed by atoms with Gasteiger partial charge in [-0.2, -0.15) is 0 Å². The highest BCUT2D eigenvalue weighted by Crippen LogP contribution is 2.46. The average molecular weight is 632 g/mol. The number of hydrogen-bond acceptors (Lipinski definition) is 7. The second kappa shape index (κ2) is 15.1. The lowest BCUT2D eigenvalue weighted by molar-refractivity contribution is 0.0473. The summed E-state index contributed by atoms with van der Waals surface area (Å²) in [4.78, 5) is 16.4. The zero-order valence-electron chi connectivity index (χ0n) is 27.3. The van der Waals surface area contributed by atoms with E-state index >= 15 is 0 Å². The van der Waals surface area contributed by atoms with Crippen LogP contribution in [0.2, 0.25) is 0 Å². The van der Waals surface area contributed by atoms with Gasteiger partial charge in [0.05, 0.1) is 39.6 Å². The highest BCUT2D eigenvalue weighted by atomic mass is 16.5. The van der Waals surface area contributed by atoms with Crippen molar-refractivity contribution < 1.29 is 28.5 Å². The molecule has 0 atom stereocenters. The minimum Gasteiger partial charge on any atom is -0.497 e. The van der Waals surface area contributed by atoms with Crippen LogP contribution in [0.4, 0.5) is 5.69 Å². The van der Waals surface area contributed by atoms with Crippen molar-refractivity contribution >= 4 is 22.4 Å². The van der Waals surface area contributed by atoms with Gasteiger partial charge in [-0.25, -0.2) is 4.79 Å². The fourth-order valence-electron chi connectivity index (χ4n) is 6.05. The summed E-state index contributed by atoms with van der Waals surface area (Å²) in [7, 11) is 3.32. The molecule has 47 heavy (non-hydrogen) atoms. The third kappa shape index (κ3) is 7.05. The van der Waals surface area contributed by atoms with Gasteiger partial charge in [0.15, 0.2) is 0 Å². The Bertz CT molecular complexity index is 1820. The molecular weight excluding hydrogens is 590 g/mol. The molecule has 5 aromatic rings. The molecule has 1 heterocycles. The smallest absolute Gasteiger partial charge is 0.339 e. The lowest BCUT2D eigenvalue weighted by Crippen LogP contribution is -2.36. The first-order valence-corrected chi connectivity index (χ1v) is 16.2. The van der Waals surface area contributed by atoms with Crippen LogP contribution in [0.5, 0.6) is 17.2 Å². The molecule has 0 spiro atoms. The zero-order valence-corrected chi connectivity index (χ0v) is 27.3. The topological polar surface area (TPSA) is 66.5 Å². The van der Waals surface area contributed by atoms with E-state index in [9.17, 15) is 4.79 Å². The van der Waals surface area contributed by atoms with E-state index in [4.69, 9.17) is 23.7 Å². The van der Waals surface area contributed by atoms with Gasteiger partial charge in [0.1, 0.15) is 23.9 Å². The zero-order chi connectivity index (χ0) is 32.6. The second-order valence-electron chi connectivity index (χ2n) is 11.5. The van der Waals surface area contributed by atoms with Crippen molar-refractivity contribution in [1.29, 1.82) is 0 Å². The number of nitrogens with zero attached hydrogens (tertiary/aromatic N) is 1. The minimum absolute atomic E-state index is 0.174. The van der Waals surface area contributed by atoms with Crippen LogP contribution in [0.1, 0.15) is 35.7 Å². The third-order valence-electron chi connectivity index (χ3n) is 8.52. The quantitative estimate of drug-likeness (QED) is 0.101. The molecule has 1 fully saturated rings. The summed E-state index contributed by atoms with van der Waals surface area (Å²) in [6.07, 6.45) is 1.88. The first-order chi connectivity index (χ1) is 23.1. The van der Waals surface area contributed by atoms with Crippen molar-refractivity contribution in [2.24, 2.45) is 0 Å². The molecule has 0 saturated carbocycles. The van der Waals surface area contributed by atoms with Gasteiger partial charge < -0.3 is 28.6 Å². The van der Waals surface area contributed by atoms with Crippen LogP contribution < -0.4 is 19.1 Å². The summed E-state index contributed by atoms with van der Waals surface area (Å²) in [5.41, 5.74) is 6.08. The van der Waals surface area contributed by atoms with Crippen LogP contribution in [0.25, 0.3) is 33.0 Å². The second-order valence-corrected chi connectivity index (χ2v) is 11.5. The fraction of sp³-hybridized carbons (Fsp3) is 0.275. The number of unbranched alkanes of at least 4 members (excludes halogenated alkanes) is 1. The molecule has 242 valence electrons. The third-order valence-corrected chi connectivity index (χ3v) is 8.52.